The smallest absolute Gasteiger partial charge is 0.341 e. The average molecular weight is 736 g/mol. The summed E-state index contributed by atoms with van der Waals surface area (Å²) in [7, 11) is 2.93. The van der Waals surface area contributed by atoms with E-state index in [0.29, 0.717) is 39.1 Å². The van der Waals surface area contributed by atoms with E-state index < -0.39 is 23.0 Å². The van der Waals surface area contributed by atoms with E-state index >= 15 is 0 Å². The van der Waals surface area contributed by atoms with E-state index in [-0.39, 0.29) is 11.6 Å². The summed E-state index contributed by atoms with van der Waals surface area (Å²) in [6.07, 6.45) is 5.20. The fourth-order valence-corrected chi connectivity index (χ4v) is 7.91. The molecule has 2 heterocycles. The molecule has 10 nitrogen and oxygen atoms in total. The Kier molecular flexibility index (Phi) is 11.6. The third kappa shape index (κ3) is 8.47. The van der Waals surface area contributed by atoms with Gasteiger partial charge in [0.15, 0.2) is 0 Å². The van der Waals surface area contributed by atoms with Gasteiger partial charge in [-0.2, -0.15) is 0 Å². The van der Waals surface area contributed by atoms with Crippen LogP contribution in [0.4, 0.5) is 10.7 Å². The monoisotopic (exact) mass is 735 g/mol. The van der Waals surface area contributed by atoms with Crippen molar-refractivity contribution in [2.24, 2.45) is 0 Å². The Morgan fingerprint density at radius 2 is 1.60 bits per heavy atom. The SMILES string of the molecule is COC(=O)c1c(NC(=O)[C@@H](C)Sc2ccc(NC(=O)/C(=C/c3ccc(-c4ccccc4OC)o3)NC(=O)c3ccccc3)cc2)sc2c1CCCC2. The zero-order chi connectivity index (χ0) is 36.6. The van der Waals surface area contributed by atoms with E-state index in [4.69, 9.17) is 13.9 Å². The molecule has 5 aromatic rings. The molecule has 6 rings (SSSR count). The van der Waals surface area contributed by atoms with Gasteiger partial charge in [-0.25, -0.2) is 4.79 Å². The molecule has 0 aliphatic heterocycles. The van der Waals surface area contributed by atoms with Gasteiger partial charge in [-0.3, -0.25) is 14.4 Å². The molecule has 12 heteroatoms. The number of aryl methyl sites for hydroxylation is 1. The lowest BCUT2D eigenvalue weighted by Gasteiger charge is -2.14. The van der Waals surface area contributed by atoms with E-state index in [1.807, 2.05) is 24.3 Å². The zero-order valence-electron chi connectivity index (χ0n) is 28.8. The highest BCUT2D eigenvalue weighted by Gasteiger charge is 2.28. The van der Waals surface area contributed by atoms with Crippen LogP contribution in [0.15, 0.2) is 106 Å². The van der Waals surface area contributed by atoms with E-state index in [2.05, 4.69) is 16.0 Å². The highest BCUT2D eigenvalue weighted by molar-refractivity contribution is 8.00. The predicted molar refractivity (Wildman–Crippen MR) is 204 cm³/mol. The molecule has 0 saturated heterocycles. The first kappa shape index (κ1) is 36.2. The van der Waals surface area contributed by atoms with Gasteiger partial charge >= 0.3 is 5.97 Å². The van der Waals surface area contributed by atoms with Gasteiger partial charge in [0.05, 0.1) is 30.6 Å². The molecule has 0 radical (unpaired) electrons. The maximum absolute atomic E-state index is 13.6. The Labute approximate surface area is 309 Å². The number of hydrogen-bond donors (Lipinski definition) is 3. The lowest BCUT2D eigenvalue weighted by atomic mass is 9.95. The maximum atomic E-state index is 13.6. The Hall–Kier alpha value is -5.59. The number of rotatable bonds is 12. The van der Waals surface area contributed by atoms with Crippen LogP contribution in [-0.4, -0.2) is 43.2 Å². The number of fused-ring (bicyclic) bond motifs is 1. The molecule has 0 saturated carbocycles. The molecule has 0 unspecified atom stereocenters. The third-order valence-corrected chi connectivity index (χ3v) is 10.7. The summed E-state index contributed by atoms with van der Waals surface area (Å²) >= 11 is 2.79. The van der Waals surface area contributed by atoms with Gasteiger partial charge in [0.1, 0.15) is 28.0 Å². The standard InChI is InChI=1S/C40H37N3O7S2/c1-24(36(44)43-39-35(40(47)49-3)30-14-8-10-16-34(30)52-39)51-28-20-17-26(18-21-28)41-38(46)31(42-37(45)25-11-5-4-6-12-25)23-27-19-22-33(50-27)29-13-7-9-15-32(29)48-2/h4-7,9,11-13,15,17-24H,8,10,14,16H2,1-3H3,(H,41,46)(H,42,45)(H,43,44)/b31-23-/t24-/m1/s1. The minimum absolute atomic E-state index is 0.0277. The first-order chi connectivity index (χ1) is 25.2. The molecule has 0 fully saturated rings. The summed E-state index contributed by atoms with van der Waals surface area (Å²) in [6, 6.07) is 26.5. The van der Waals surface area contributed by atoms with Crippen molar-refractivity contribution >= 4 is 63.6 Å². The highest BCUT2D eigenvalue weighted by atomic mass is 32.2. The number of benzene rings is 3. The molecule has 266 valence electrons. The van der Waals surface area contributed by atoms with E-state index in [9.17, 15) is 19.2 Å². The van der Waals surface area contributed by atoms with Crippen LogP contribution < -0.4 is 20.7 Å². The van der Waals surface area contributed by atoms with Gasteiger partial charge < -0.3 is 29.8 Å². The molecular weight excluding hydrogens is 699 g/mol. The Morgan fingerprint density at radius 1 is 0.865 bits per heavy atom. The minimum Gasteiger partial charge on any atom is -0.496 e. The normalized spacial score (nSPS) is 13.0. The maximum Gasteiger partial charge on any atom is 0.341 e. The number of para-hydroxylation sites is 1. The van der Waals surface area contributed by atoms with Crippen molar-refractivity contribution in [3.63, 3.8) is 0 Å². The predicted octanol–water partition coefficient (Wildman–Crippen LogP) is 8.21. The summed E-state index contributed by atoms with van der Waals surface area (Å²) in [5, 5.41) is 8.57. The average Bonchev–Trinajstić information content (AvgIpc) is 3.79. The second-order valence-electron chi connectivity index (χ2n) is 11.9. The number of methoxy groups -OCH3 is 2. The summed E-state index contributed by atoms with van der Waals surface area (Å²) in [4.78, 5) is 54.5. The van der Waals surface area contributed by atoms with E-state index in [1.54, 1.807) is 80.8 Å². The van der Waals surface area contributed by atoms with E-state index in [0.717, 1.165) is 46.6 Å². The number of thioether (sulfide) groups is 1. The number of nitrogens with one attached hydrogen (secondary N) is 3. The Morgan fingerprint density at radius 3 is 2.35 bits per heavy atom. The van der Waals surface area contributed by atoms with Gasteiger partial charge in [0.2, 0.25) is 5.91 Å². The lowest BCUT2D eigenvalue weighted by molar-refractivity contribution is -0.115. The molecule has 1 aliphatic rings. The van der Waals surface area contributed by atoms with Gasteiger partial charge in [-0.1, -0.05) is 30.3 Å². The molecule has 1 atom stereocenters. The summed E-state index contributed by atoms with van der Waals surface area (Å²) in [5.41, 5.74) is 3.02. The van der Waals surface area contributed by atoms with Crippen LogP contribution in [0.2, 0.25) is 0 Å². The number of thiophene rings is 1. The highest BCUT2D eigenvalue weighted by Crippen LogP contribution is 2.39. The minimum atomic E-state index is -0.562. The number of carbonyl (C=O) groups excluding carboxylic acids is 4. The van der Waals surface area contributed by atoms with Gasteiger partial charge in [0.25, 0.3) is 11.8 Å². The Bertz CT molecular complexity index is 2120. The Balaban J connectivity index is 1.15. The van der Waals surface area contributed by atoms with E-state index in [1.165, 1.54) is 36.3 Å². The number of esters is 1. The number of carbonyl (C=O) groups is 4. The van der Waals surface area contributed by atoms with Crippen LogP contribution in [0.1, 0.15) is 56.7 Å². The van der Waals surface area contributed by atoms with Crippen molar-refractivity contribution in [2.75, 3.05) is 24.9 Å². The van der Waals surface area contributed by atoms with Crippen LogP contribution >= 0.6 is 23.1 Å². The van der Waals surface area contributed by atoms with Gasteiger partial charge in [-0.15, -0.1) is 23.1 Å². The van der Waals surface area contributed by atoms with Crippen molar-refractivity contribution in [1.82, 2.24) is 5.32 Å². The topological polar surface area (TPSA) is 136 Å². The van der Waals surface area contributed by atoms with Crippen molar-refractivity contribution < 1.29 is 33.1 Å². The molecule has 1 aliphatic carbocycles. The summed E-state index contributed by atoms with van der Waals surface area (Å²) < 4.78 is 16.5. The van der Waals surface area contributed by atoms with Gasteiger partial charge in [-0.05, 0) is 98.8 Å². The van der Waals surface area contributed by atoms with Crippen LogP contribution in [0.25, 0.3) is 17.4 Å². The van der Waals surface area contributed by atoms with Crippen molar-refractivity contribution in [2.45, 2.75) is 42.8 Å². The number of ether oxygens (including phenoxy) is 2. The van der Waals surface area contributed by atoms with Crippen LogP contribution in [0.5, 0.6) is 5.75 Å². The molecule has 52 heavy (non-hydrogen) atoms. The molecule has 3 aromatic carbocycles. The van der Waals surface area contributed by atoms with Crippen molar-refractivity contribution in [1.29, 1.82) is 0 Å². The first-order valence-electron chi connectivity index (χ1n) is 16.7. The summed E-state index contributed by atoms with van der Waals surface area (Å²) in [5.74, 6) is -0.180. The molecule has 3 amide bonds. The summed E-state index contributed by atoms with van der Waals surface area (Å²) in [6.45, 7) is 1.79. The quantitative estimate of drug-likeness (QED) is 0.0663. The zero-order valence-corrected chi connectivity index (χ0v) is 30.5. The van der Waals surface area contributed by atoms with Crippen molar-refractivity contribution in [3.05, 3.63) is 124 Å². The number of hydrogen-bond acceptors (Lipinski definition) is 9. The number of furan rings is 1. The third-order valence-electron chi connectivity index (χ3n) is 8.41. The number of amides is 3. The van der Waals surface area contributed by atoms with Crippen LogP contribution in [0.3, 0.4) is 0 Å². The van der Waals surface area contributed by atoms with Gasteiger partial charge in [0, 0.05) is 27.1 Å². The fourth-order valence-electron chi connectivity index (χ4n) is 5.77. The second kappa shape index (κ2) is 16.6. The second-order valence-corrected chi connectivity index (χ2v) is 14.4. The fraction of sp³-hybridized carbons (Fsp3) is 0.200. The molecule has 2 aromatic heterocycles. The lowest BCUT2D eigenvalue weighted by Crippen LogP contribution is -2.30. The van der Waals surface area contributed by atoms with Crippen molar-refractivity contribution in [3.8, 4) is 17.1 Å². The molecule has 0 spiro atoms. The van der Waals surface area contributed by atoms with Crippen LogP contribution in [-0.2, 0) is 27.2 Å². The molecule has 3 N–H and O–H groups in total. The first-order valence-corrected chi connectivity index (χ1v) is 18.4. The molecule has 0 bridgehead atoms. The molecular formula is C40H37N3O7S2. The largest absolute Gasteiger partial charge is 0.496 e. The van der Waals surface area contributed by atoms with Crippen LogP contribution in [0, 0.1) is 0 Å². The number of anilines is 2.